The SMILES string of the molecule is Cc1cc(C)c(N2C=CN(c3c(C)cc(C)cc3C)P23=NP2(=N3)N(c3c(C)cc(C)cc3C)C=CN2c2c(C)cc(C)cc2C)c(C)c1. The van der Waals surface area contributed by atoms with E-state index in [0.717, 1.165) is 0 Å². The number of rotatable bonds is 4. The van der Waals surface area contributed by atoms with Crippen molar-refractivity contribution in [3.05, 3.63) is 140 Å². The second-order valence-electron chi connectivity index (χ2n) is 14.2. The van der Waals surface area contributed by atoms with Crippen molar-refractivity contribution < 1.29 is 0 Å². The Bertz CT molecular complexity index is 1820. The summed E-state index contributed by atoms with van der Waals surface area (Å²) in [4.78, 5) is 0. The molecule has 3 heterocycles. The van der Waals surface area contributed by atoms with Crippen molar-refractivity contribution in [1.82, 2.24) is 0 Å². The fourth-order valence-corrected chi connectivity index (χ4v) is 17.5. The number of hydrogen-bond acceptors (Lipinski definition) is 6. The van der Waals surface area contributed by atoms with Crippen molar-refractivity contribution >= 4 is 37.8 Å². The fourth-order valence-electron chi connectivity index (χ4n) is 8.46. The molecule has 0 aromatic heterocycles. The van der Waals surface area contributed by atoms with Gasteiger partial charge in [-0.3, -0.25) is 18.7 Å². The standard InChI is InChI=1S/C40H48N6P2/c1-25-17-29(5)37(30(6)18-25)43-13-14-44(38-31(7)19-26(2)20-32(38)8)47(43)41-48(42-47)45(39-33(9)21-27(3)22-34(39)10)15-16-46(48)40-35(11)23-28(4)24-36(40)12/h13-24H,1-12H3. The van der Waals surface area contributed by atoms with Gasteiger partial charge in [0.25, 0.3) is 15.0 Å². The van der Waals surface area contributed by atoms with E-state index in [0.29, 0.717) is 0 Å². The quantitative estimate of drug-likeness (QED) is 0.202. The second kappa shape index (κ2) is 11.3. The molecule has 3 aliphatic rings. The van der Waals surface area contributed by atoms with Crippen LogP contribution in [0.5, 0.6) is 0 Å². The first kappa shape index (κ1) is 32.6. The zero-order chi connectivity index (χ0) is 34.4. The topological polar surface area (TPSA) is 37.7 Å². The lowest BCUT2D eigenvalue weighted by molar-refractivity contribution is 1.21. The molecule has 48 heavy (non-hydrogen) atoms. The van der Waals surface area contributed by atoms with Crippen molar-refractivity contribution in [1.29, 1.82) is 0 Å². The first-order valence-electron chi connectivity index (χ1n) is 16.8. The molecule has 0 unspecified atom stereocenters. The lowest BCUT2D eigenvalue weighted by Crippen LogP contribution is -2.29. The van der Waals surface area contributed by atoms with Crippen LogP contribution < -0.4 is 18.7 Å². The highest BCUT2D eigenvalue weighted by molar-refractivity contribution is 7.90. The van der Waals surface area contributed by atoms with Crippen LogP contribution in [-0.4, -0.2) is 0 Å². The Morgan fingerprint density at radius 2 is 0.479 bits per heavy atom. The van der Waals surface area contributed by atoms with Gasteiger partial charge in [0.1, 0.15) is 0 Å². The molecule has 8 heteroatoms. The third kappa shape index (κ3) is 4.75. The van der Waals surface area contributed by atoms with Gasteiger partial charge in [-0.2, -0.15) is 9.03 Å². The van der Waals surface area contributed by atoms with Crippen molar-refractivity contribution in [2.24, 2.45) is 9.03 Å². The lowest BCUT2D eigenvalue weighted by atomic mass is 10.1. The number of benzene rings is 4. The summed E-state index contributed by atoms with van der Waals surface area (Å²) in [7, 11) is -5.40. The molecule has 0 N–H and O–H groups in total. The van der Waals surface area contributed by atoms with Crippen molar-refractivity contribution in [2.45, 2.75) is 83.1 Å². The average molecular weight is 675 g/mol. The van der Waals surface area contributed by atoms with E-state index in [4.69, 9.17) is 9.03 Å². The Morgan fingerprint density at radius 3 is 0.646 bits per heavy atom. The van der Waals surface area contributed by atoms with Crippen LogP contribution in [0.2, 0.25) is 0 Å². The summed E-state index contributed by atoms with van der Waals surface area (Å²) >= 11 is 0. The lowest BCUT2D eigenvalue weighted by Gasteiger charge is -2.48. The van der Waals surface area contributed by atoms with Crippen molar-refractivity contribution in [3.8, 4) is 0 Å². The van der Waals surface area contributed by atoms with E-state index in [-0.39, 0.29) is 0 Å². The third-order valence-corrected chi connectivity index (χ3v) is 17.3. The van der Waals surface area contributed by atoms with Crippen LogP contribution in [0.25, 0.3) is 0 Å². The molecular formula is C40H48N6P2. The number of hydrogen-bond donors (Lipinski definition) is 0. The van der Waals surface area contributed by atoms with Crippen LogP contribution >= 0.6 is 15.0 Å². The Kier molecular flexibility index (Phi) is 7.66. The van der Waals surface area contributed by atoms with Gasteiger partial charge in [0.15, 0.2) is 0 Å². The molecule has 0 radical (unpaired) electrons. The highest BCUT2D eigenvalue weighted by Gasteiger charge is 2.56. The van der Waals surface area contributed by atoms with E-state index >= 15 is 0 Å². The summed E-state index contributed by atoms with van der Waals surface area (Å²) in [6, 6.07) is 18.3. The van der Waals surface area contributed by atoms with Crippen LogP contribution in [-0.2, 0) is 0 Å². The van der Waals surface area contributed by atoms with E-state index in [1.165, 1.54) is 89.5 Å². The van der Waals surface area contributed by atoms with Crippen molar-refractivity contribution in [3.63, 3.8) is 0 Å². The maximum atomic E-state index is 6.17. The monoisotopic (exact) mass is 674 g/mol. The Morgan fingerprint density at radius 1 is 0.312 bits per heavy atom. The molecule has 4 aromatic rings. The van der Waals surface area contributed by atoms with Gasteiger partial charge in [-0.1, -0.05) is 70.8 Å². The molecule has 7 rings (SSSR count). The molecule has 248 valence electrons. The maximum absolute atomic E-state index is 6.17. The summed E-state index contributed by atoms with van der Waals surface area (Å²) in [5, 5.41) is 0. The van der Waals surface area contributed by atoms with Gasteiger partial charge < -0.3 is 0 Å². The predicted octanol–water partition coefficient (Wildman–Crippen LogP) is 12.6. The van der Waals surface area contributed by atoms with Gasteiger partial charge in [-0.25, -0.2) is 0 Å². The minimum atomic E-state index is -2.70. The van der Waals surface area contributed by atoms with Crippen LogP contribution in [0, 0.1) is 83.1 Å². The molecule has 4 aromatic carbocycles. The molecule has 0 bridgehead atoms. The first-order valence-corrected chi connectivity index (χ1v) is 20.0. The van der Waals surface area contributed by atoms with E-state index in [1.807, 2.05) is 0 Å². The van der Waals surface area contributed by atoms with Gasteiger partial charge in [-0.05, 0) is 128 Å². The van der Waals surface area contributed by atoms with Crippen LogP contribution in [0.4, 0.5) is 22.7 Å². The van der Waals surface area contributed by atoms with Gasteiger partial charge in [0.05, 0.1) is 22.7 Å². The Labute approximate surface area is 287 Å². The molecule has 0 aliphatic carbocycles. The largest absolute Gasteiger partial charge is 0.282 e. The number of anilines is 4. The molecule has 0 amide bonds. The molecule has 0 fully saturated rings. The average Bonchev–Trinajstić information content (AvgIpc) is 3.48. The van der Waals surface area contributed by atoms with Gasteiger partial charge >= 0.3 is 0 Å². The Hall–Kier alpha value is -3.98. The van der Waals surface area contributed by atoms with Crippen LogP contribution in [0.15, 0.2) is 82.4 Å². The molecule has 0 atom stereocenters. The predicted molar refractivity (Wildman–Crippen MR) is 210 cm³/mol. The van der Waals surface area contributed by atoms with E-state index in [9.17, 15) is 0 Å². The number of aryl methyl sites for hydroxylation is 12. The van der Waals surface area contributed by atoms with Crippen LogP contribution in [0.1, 0.15) is 66.8 Å². The molecule has 0 saturated heterocycles. The summed E-state index contributed by atoms with van der Waals surface area (Å²) in [6.45, 7) is 26.5. The third-order valence-electron chi connectivity index (χ3n) is 9.79. The molecule has 0 saturated carbocycles. The fraction of sp³-hybridized carbons (Fsp3) is 0.300. The number of nitrogens with zero attached hydrogens (tertiary/aromatic N) is 6. The second-order valence-corrected chi connectivity index (χ2v) is 19.5. The molecule has 6 nitrogen and oxygen atoms in total. The summed E-state index contributed by atoms with van der Waals surface area (Å²) in [6.07, 6.45) is 8.96. The normalized spacial score (nSPS) is 17.1. The summed E-state index contributed by atoms with van der Waals surface area (Å²) < 4.78 is 22.1. The van der Waals surface area contributed by atoms with Gasteiger partial charge in [0.2, 0.25) is 0 Å². The highest BCUT2D eigenvalue weighted by Crippen LogP contribution is 2.87. The Balaban J connectivity index is 1.53. The minimum Gasteiger partial charge on any atom is -0.278 e. The van der Waals surface area contributed by atoms with Crippen LogP contribution in [0.3, 0.4) is 0 Å². The molecular weight excluding hydrogens is 626 g/mol. The van der Waals surface area contributed by atoms with Crippen molar-refractivity contribution in [2.75, 3.05) is 18.7 Å². The minimum absolute atomic E-state index is 1.20. The zero-order valence-electron chi connectivity index (χ0n) is 30.5. The molecule has 2 spiro atoms. The van der Waals surface area contributed by atoms with E-state index in [2.05, 4.69) is 175 Å². The first-order chi connectivity index (χ1) is 22.7. The smallest absolute Gasteiger partial charge is 0.278 e. The summed E-state index contributed by atoms with van der Waals surface area (Å²) in [5.74, 6) is 0. The highest BCUT2D eigenvalue weighted by atomic mass is 31.3. The van der Waals surface area contributed by atoms with Gasteiger partial charge in [0, 0.05) is 24.8 Å². The van der Waals surface area contributed by atoms with E-state index in [1.54, 1.807) is 0 Å². The van der Waals surface area contributed by atoms with Gasteiger partial charge in [-0.15, -0.1) is 0 Å². The zero-order valence-corrected chi connectivity index (χ0v) is 32.3. The molecule has 3 aliphatic heterocycles. The summed E-state index contributed by atoms with van der Waals surface area (Å²) in [5.41, 5.74) is 19.9. The maximum Gasteiger partial charge on any atom is 0.282 e. The van der Waals surface area contributed by atoms with E-state index < -0.39 is 15.0 Å².